The summed E-state index contributed by atoms with van der Waals surface area (Å²) in [5, 5.41) is 15.2. The number of carbonyl (C=O) groups excluding carboxylic acids is 2. The predicted octanol–water partition coefficient (Wildman–Crippen LogP) is 3.48. The minimum absolute atomic E-state index is 0.0394. The molecule has 8 nitrogen and oxygen atoms in total. The zero-order valence-electron chi connectivity index (χ0n) is 16.6. The van der Waals surface area contributed by atoms with Gasteiger partial charge in [-0.3, -0.25) is 14.7 Å². The standard InChI is InChI=1S/C20H24N6O2S/c1-11(2)22-19(28)23-18(27)12(3)29-20-25-24-17(26(20)13-8-9-13)15-10-21-16-7-5-4-6-14(15)16/h4-7,10-13,21H,8-9H2,1-3H3,(H2,22,23,27,28). The molecule has 0 aliphatic heterocycles. The number of hydrogen-bond donors (Lipinski definition) is 3. The number of fused-ring (bicyclic) bond motifs is 1. The molecule has 0 bridgehead atoms. The monoisotopic (exact) mass is 412 g/mol. The molecule has 2 heterocycles. The number of urea groups is 1. The molecular formula is C20H24N6O2S. The van der Waals surface area contributed by atoms with Gasteiger partial charge in [-0.25, -0.2) is 4.79 Å². The Morgan fingerprint density at radius 1 is 1.21 bits per heavy atom. The van der Waals surface area contributed by atoms with E-state index in [4.69, 9.17) is 0 Å². The summed E-state index contributed by atoms with van der Waals surface area (Å²) >= 11 is 1.32. The van der Waals surface area contributed by atoms with Gasteiger partial charge in [-0.1, -0.05) is 30.0 Å². The molecule has 29 heavy (non-hydrogen) atoms. The van der Waals surface area contributed by atoms with Crippen LogP contribution < -0.4 is 10.6 Å². The molecule has 0 spiro atoms. The molecule has 3 aromatic rings. The number of hydrogen-bond acceptors (Lipinski definition) is 5. The number of benzene rings is 1. The fourth-order valence-corrected chi connectivity index (χ4v) is 4.10. The number of amides is 3. The lowest BCUT2D eigenvalue weighted by atomic mass is 10.1. The van der Waals surface area contributed by atoms with Crippen molar-refractivity contribution < 1.29 is 9.59 Å². The van der Waals surface area contributed by atoms with Gasteiger partial charge >= 0.3 is 6.03 Å². The van der Waals surface area contributed by atoms with Crippen LogP contribution in [-0.4, -0.2) is 43.0 Å². The van der Waals surface area contributed by atoms with Crippen LogP contribution in [0, 0.1) is 0 Å². The van der Waals surface area contributed by atoms with Crippen molar-refractivity contribution >= 4 is 34.6 Å². The summed E-state index contributed by atoms with van der Waals surface area (Å²) in [6.07, 6.45) is 4.09. The molecule has 1 aliphatic carbocycles. The summed E-state index contributed by atoms with van der Waals surface area (Å²) in [6.45, 7) is 5.44. The number of aromatic amines is 1. The molecule has 1 atom stereocenters. The number of carbonyl (C=O) groups is 2. The zero-order valence-corrected chi connectivity index (χ0v) is 17.4. The average molecular weight is 413 g/mol. The van der Waals surface area contributed by atoms with Crippen LogP contribution >= 0.6 is 11.8 Å². The van der Waals surface area contributed by atoms with Crippen LogP contribution in [0.3, 0.4) is 0 Å². The van der Waals surface area contributed by atoms with E-state index >= 15 is 0 Å². The smallest absolute Gasteiger partial charge is 0.321 e. The topological polar surface area (TPSA) is 105 Å². The fourth-order valence-electron chi connectivity index (χ4n) is 3.18. The van der Waals surface area contributed by atoms with Gasteiger partial charge in [0.1, 0.15) is 0 Å². The highest BCUT2D eigenvalue weighted by Gasteiger charge is 2.32. The first kappa shape index (κ1) is 19.5. The molecule has 2 aromatic heterocycles. The molecule has 3 N–H and O–H groups in total. The van der Waals surface area contributed by atoms with Crippen LogP contribution in [-0.2, 0) is 4.79 Å². The molecule has 3 amide bonds. The van der Waals surface area contributed by atoms with Crippen molar-refractivity contribution in [1.82, 2.24) is 30.4 Å². The largest absolute Gasteiger partial charge is 0.360 e. The minimum Gasteiger partial charge on any atom is -0.360 e. The third kappa shape index (κ3) is 4.14. The van der Waals surface area contributed by atoms with Crippen molar-refractivity contribution in [1.29, 1.82) is 0 Å². The molecule has 0 radical (unpaired) electrons. The van der Waals surface area contributed by atoms with E-state index in [0.717, 1.165) is 35.1 Å². The van der Waals surface area contributed by atoms with Crippen molar-refractivity contribution in [3.05, 3.63) is 30.5 Å². The molecule has 1 aromatic carbocycles. The summed E-state index contributed by atoms with van der Waals surface area (Å²) in [7, 11) is 0. The summed E-state index contributed by atoms with van der Waals surface area (Å²) in [6, 6.07) is 7.90. The number of aromatic nitrogens is 4. The minimum atomic E-state index is -0.486. The average Bonchev–Trinajstić information content (AvgIpc) is 3.28. The van der Waals surface area contributed by atoms with Crippen molar-refractivity contribution in [2.24, 2.45) is 0 Å². The highest BCUT2D eigenvalue weighted by molar-refractivity contribution is 8.00. The number of para-hydroxylation sites is 1. The molecule has 1 unspecified atom stereocenters. The number of nitrogens with zero attached hydrogens (tertiary/aromatic N) is 3. The fraction of sp³-hybridized carbons (Fsp3) is 0.400. The van der Waals surface area contributed by atoms with Crippen LogP contribution in [0.15, 0.2) is 35.6 Å². The quantitative estimate of drug-likeness (QED) is 0.538. The van der Waals surface area contributed by atoms with E-state index in [0.29, 0.717) is 11.2 Å². The third-order valence-electron chi connectivity index (χ3n) is 4.71. The lowest BCUT2D eigenvalue weighted by molar-refractivity contribution is -0.119. The molecule has 1 aliphatic rings. The van der Waals surface area contributed by atoms with E-state index in [2.05, 4.69) is 36.4 Å². The van der Waals surface area contributed by atoms with Gasteiger partial charge in [0.2, 0.25) is 5.91 Å². The molecule has 1 fully saturated rings. The number of nitrogens with one attached hydrogen (secondary N) is 3. The van der Waals surface area contributed by atoms with Gasteiger partial charge in [-0.05, 0) is 39.7 Å². The second kappa shape index (κ2) is 7.90. The van der Waals surface area contributed by atoms with Gasteiger partial charge in [-0.15, -0.1) is 10.2 Å². The second-order valence-electron chi connectivity index (χ2n) is 7.53. The van der Waals surface area contributed by atoms with Gasteiger partial charge in [0.25, 0.3) is 0 Å². The summed E-state index contributed by atoms with van der Waals surface area (Å²) in [4.78, 5) is 27.5. The van der Waals surface area contributed by atoms with Gasteiger partial charge in [0.15, 0.2) is 11.0 Å². The number of thioether (sulfide) groups is 1. The SMILES string of the molecule is CC(C)NC(=O)NC(=O)C(C)Sc1nnc(-c2c[nH]c3ccccc23)n1C1CC1. The molecule has 4 rings (SSSR count). The van der Waals surface area contributed by atoms with Crippen molar-refractivity contribution in [3.63, 3.8) is 0 Å². The Hall–Kier alpha value is -2.81. The van der Waals surface area contributed by atoms with Crippen molar-refractivity contribution in [3.8, 4) is 11.4 Å². The Kier molecular flexibility index (Phi) is 5.31. The third-order valence-corrected chi connectivity index (χ3v) is 5.77. The van der Waals surface area contributed by atoms with Crippen LogP contribution in [0.1, 0.15) is 39.7 Å². The Bertz CT molecular complexity index is 1050. The first-order chi connectivity index (χ1) is 13.9. The number of H-pyrrole nitrogens is 1. The van der Waals surface area contributed by atoms with Crippen LogP contribution in [0.2, 0.25) is 0 Å². The van der Waals surface area contributed by atoms with E-state index in [1.54, 1.807) is 6.92 Å². The highest BCUT2D eigenvalue weighted by atomic mass is 32.2. The zero-order chi connectivity index (χ0) is 20.5. The van der Waals surface area contributed by atoms with Gasteiger partial charge in [0, 0.05) is 34.7 Å². The van der Waals surface area contributed by atoms with Crippen LogP contribution in [0.5, 0.6) is 0 Å². The van der Waals surface area contributed by atoms with E-state index in [9.17, 15) is 9.59 Å². The molecule has 152 valence electrons. The maximum atomic E-state index is 12.4. The molecule has 1 saturated carbocycles. The maximum absolute atomic E-state index is 12.4. The number of imide groups is 1. The first-order valence-electron chi connectivity index (χ1n) is 9.73. The van der Waals surface area contributed by atoms with Gasteiger partial charge in [-0.2, -0.15) is 0 Å². The predicted molar refractivity (Wildman–Crippen MR) is 113 cm³/mol. The molecular weight excluding hydrogens is 388 g/mol. The summed E-state index contributed by atoms with van der Waals surface area (Å²) in [5.74, 6) is 0.449. The highest BCUT2D eigenvalue weighted by Crippen LogP contribution is 2.42. The lowest BCUT2D eigenvalue weighted by Gasteiger charge is -2.14. The summed E-state index contributed by atoms with van der Waals surface area (Å²) < 4.78 is 2.12. The number of rotatable bonds is 6. The van der Waals surface area contributed by atoms with Crippen LogP contribution in [0.25, 0.3) is 22.3 Å². The van der Waals surface area contributed by atoms with Crippen LogP contribution in [0.4, 0.5) is 4.79 Å². The Balaban J connectivity index is 1.56. The Morgan fingerprint density at radius 3 is 2.69 bits per heavy atom. The van der Waals surface area contributed by atoms with Gasteiger partial charge in [0.05, 0.1) is 5.25 Å². The van der Waals surface area contributed by atoms with E-state index in [-0.39, 0.29) is 11.9 Å². The Morgan fingerprint density at radius 2 is 1.97 bits per heavy atom. The normalized spacial score (nSPS) is 14.9. The van der Waals surface area contributed by atoms with E-state index in [1.807, 2.05) is 38.2 Å². The lowest BCUT2D eigenvalue weighted by Crippen LogP contribution is -2.45. The van der Waals surface area contributed by atoms with Gasteiger partial charge < -0.3 is 10.3 Å². The molecule has 0 saturated heterocycles. The van der Waals surface area contributed by atoms with E-state index in [1.165, 1.54) is 11.8 Å². The molecule has 9 heteroatoms. The first-order valence-corrected chi connectivity index (χ1v) is 10.6. The van der Waals surface area contributed by atoms with Crippen molar-refractivity contribution in [2.75, 3.05) is 0 Å². The maximum Gasteiger partial charge on any atom is 0.321 e. The Labute approximate surface area is 172 Å². The van der Waals surface area contributed by atoms with E-state index < -0.39 is 11.3 Å². The summed E-state index contributed by atoms with van der Waals surface area (Å²) in [5.41, 5.74) is 2.05. The second-order valence-corrected chi connectivity index (χ2v) is 8.84. The van der Waals surface area contributed by atoms with Crippen molar-refractivity contribution in [2.45, 2.75) is 56.1 Å².